The van der Waals surface area contributed by atoms with Gasteiger partial charge in [-0.1, -0.05) is 24.3 Å². The van der Waals surface area contributed by atoms with Crippen LogP contribution in [-0.2, 0) is 21.2 Å². The van der Waals surface area contributed by atoms with E-state index in [9.17, 15) is 17.6 Å². The maximum atomic E-state index is 12.9. The van der Waals surface area contributed by atoms with Gasteiger partial charge in [-0.05, 0) is 54.7 Å². The average Bonchev–Trinajstić information content (AvgIpc) is 2.62. The molecular formula is C19H21FN2O3S. The van der Waals surface area contributed by atoms with E-state index in [-0.39, 0.29) is 29.8 Å². The molecule has 0 aromatic heterocycles. The fourth-order valence-electron chi connectivity index (χ4n) is 3.17. The van der Waals surface area contributed by atoms with Crippen molar-refractivity contribution in [3.8, 4) is 0 Å². The number of aryl methyl sites for hydroxylation is 1. The molecule has 1 atom stereocenters. The van der Waals surface area contributed by atoms with Gasteiger partial charge in [0.25, 0.3) is 0 Å². The van der Waals surface area contributed by atoms with Crippen LogP contribution in [0.2, 0.25) is 0 Å². The van der Waals surface area contributed by atoms with Crippen molar-refractivity contribution in [3.63, 3.8) is 0 Å². The molecule has 0 radical (unpaired) electrons. The molecule has 2 aromatic carbocycles. The van der Waals surface area contributed by atoms with Gasteiger partial charge < -0.3 is 5.32 Å². The molecule has 1 unspecified atom stereocenters. The standard InChI is InChI=1S/C19H21FN2O3S/c20-15-8-10-16(11-9-15)26(24,25)21-13-12-19(23)22-18-7-3-5-14-4-1-2-6-17(14)18/h1-2,4,6,8-11,18,21H,3,5,7,12-13H2,(H,22,23). The Morgan fingerprint density at radius 2 is 1.85 bits per heavy atom. The van der Waals surface area contributed by atoms with Crippen molar-refractivity contribution in [2.24, 2.45) is 0 Å². The molecule has 138 valence electrons. The molecule has 0 saturated carbocycles. The molecule has 0 spiro atoms. The molecule has 1 amide bonds. The van der Waals surface area contributed by atoms with E-state index < -0.39 is 15.8 Å². The molecule has 0 saturated heterocycles. The van der Waals surface area contributed by atoms with Crippen LogP contribution < -0.4 is 10.0 Å². The number of rotatable bonds is 6. The lowest BCUT2D eigenvalue weighted by Crippen LogP contribution is -2.34. The number of hydrogen-bond acceptors (Lipinski definition) is 3. The minimum Gasteiger partial charge on any atom is -0.349 e. The fraction of sp³-hybridized carbons (Fsp3) is 0.316. The van der Waals surface area contributed by atoms with Crippen LogP contribution in [0.5, 0.6) is 0 Å². The molecule has 0 heterocycles. The smallest absolute Gasteiger partial charge is 0.240 e. The quantitative estimate of drug-likeness (QED) is 0.814. The highest BCUT2D eigenvalue weighted by Crippen LogP contribution is 2.29. The summed E-state index contributed by atoms with van der Waals surface area (Å²) in [6, 6.07) is 12.6. The van der Waals surface area contributed by atoms with Crippen molar-refractivity contribution in [1.82, 2.24) is 10.0 Å². The second-order valence-electron chi connectivity index (χ2n) is 6.31. The summed E-state index contributed by atoms with van der Waals surface area (Å²) in [5, 5.41) is 2.99. The highest BCUT2D eigenvalue weighted by atomic mass is 32.2. The predicted octanol–water partition coefficient (Wildman–Crippen LogP) is 2.69. The summed E-state index contributed by atoms with van der Waals surface area (Å²) in [5.74, 6) is -0.704. The molecule has 2 aromatic rings. The van der Waals surface area contributed by atoms with Crippen LogP contribution in [0.1, 0.15) is 36.4 Å². The van der Waals surface area contributed by atoms with E-state index in [1.165, 1.54) is 17.7 Å². The van der Waals surface area contributed by atoms with Gasteiger partial charge in [0.15, 0.2) is 0 Å². The number of nitrogens with one attached hydrogen (secondary N) is 2. The largest absolute Gasteiger partial charge is 0.349 e. The molecule has 2 N–H and O–H groups in total. The van der Waals surface area contributed by atoms with Gasteiger partial charge in [0.1, 0.15) is 5.82 Å². The third-order valence-corrected chi connectivity index (χ3v) is 5.95. The second kappa shape index (κ2) is 7.97. The van der Waals surface area contributed by atoms with Gasteiger partial charge in [0.05, 0.1) is 10.9 Å². The summed E-state index contributed by atoms with van der Waals surface area (Å²) in [5.41, 5.74) is 2.39. The molecular weight excluding hydrogens is 355 g/mol. The number of carbonyl (C=O) groups excluding carboxylic acids is 1. The minimum atomic E-state index is -3.75. The number of amides is 1. The zero-order valence-electron chi connectivity index (χ0n) is 14.2. The van der Waals surface area contributed by atoms with Crippen LogP contribution in [-0.4, -0.2) is 20.9 Å². The van der Waals surface area contributed by atoms with Crippen LogP contribution >= 0.6 is 0 Å². The van der Waals surface area contributed by atoms with E-state index in [2.05, 4.69) is 16.1 Å². The monoisotopic (exact) mass is 376 g/mol. The first-order valence-electron chi connectivity index (χ1n) is 8.58. The molecule has 1 aliphatic carbocycles. The average molecular weight is 376 g/mol. The molecule has 0 fully saturated rings. The summed E-state index contributed by atoms with van der Waals surface area (Å²) in [6.07, 6.45) is 2.95. The minimum absolute atomic E-state index is 0.0140. The van der Waals surface area contributed by atoms with Crippen molar-refractivity contribution in [2.75, 3.05) is 6.54 Å². The maximum Gasteiger partial charge on any atom is 0.240 e. The van der Waals surface area contributed by atoms with E-state index in [0.29, 0.717) is 0 Å². The lowest BCUT2D eigenvalue weighted by Gasteiger charge is -2.26. The van der Waals surface area contributed by atoms with Crippen molar-refractivity contribution < 1.29 is 17.6 Å². The Hall–Kier alpha value is -2.25. The lowest BCUT2D eigenvalue weighted by atomic mass is 9.88. The van der Waals surface area contributed by atoms with Gasteiger partial charge in [0.2, 0.25) is 15.9 Å². The Kier molecular flexibility index (Phi) is 5.68. The number of carbonyl (C=O) groups is 1. The molecule has 3 rings (SSSR count). The van der Waals surface area contributed by atoms with Crippen molar-refractivity contribution in [3.05, 3.63) is 65.5 Å². The maximum absolute atomic E-state index is 12.9. The SMILES string of the molecule is O=C(CCNS(=O)(=O)c1ccc(F)cc1)NC1CCCc2ccccc21. The molecule has 7 heteroatoms. The van der Waals surface area contributed by atoms with Crippen LogP contribution in [0.3, 0.4) is 0 Å². The summed E-state index contributed by atoms with van der Waals surface area (Å²) >= 11 is 0. The third-order valence-electron chi connectivity index (χ3n) is 4.47. The molecule has 0 aliphatic heterocycles. The third kappa shape index (κ3) is 4.47. The zero-order valence-corrected chi connectivity index (χ0v) is 15.1. The van der Waals surface area contributed by atoms with Gasteiger partial charge in [-0.25, -0.2) is 17.5 Å². The normalized spacial score (nSPS) is 16.7. The highest BCUT2D eigenvalue weighted by Gasteiger charge is 2.21. The van der Waals surface area contributed by atoms with E-state index in [1.54, 1.807) is 0 Å². The number of halogens is 1. The first-order valence-corrected chi connectivity index (χ1v) is 10.1. The van der Waals surface area contributed by atoms with Crippen molar-refractivity contribution in [2.45, 2.75) is 36.6 Å². The summed E-state index contributed by atoms with van der Waals surface area (Å²) in [7, 11) is -3.75. The molecule has 0 bridgehead atoms. The van der Waals surface area contributed by atoms with Gasteiger partial charge in [0, 0.05) is 13.0 Å². The Morgan fingerprint density at radius 1 is 1.12 bits per heavy atom. The molecule has 5 nitrogen and oxygen atoms in total. The second-order valence-corrected chi connectivity index (χ2v) is 8.08. The van der Waals surface area contributed by atoms with Crippen molar-refractivity contribution >= 4 is 15.9 Å². The van der Waals surface area contributed by atoms with Gasteiger partial charge in [-0.2, -0.15) is 0 Å². The summed E-state index contributed by atoms with van der Waals surface area (Å²) in [4.78, 5) is 12.2. The summed E-state index contributed by atoms with van der Waals surface area (Å²) in [6.45, 7) is -0.0140. The van der Waals surface area contributed by atoms with Crippen LogP contribution in [0, 0.1) is 5.82 Å². The first-order chi connectivity index (χ1) is 12.5. The Balaban J connectivity index is 1.53. The van der Waals surface area contributed by atoms with Crippen molar-refractivity contribution in [1.29, 1.82) is 0 Å². The van der Waals surface area contributed by atoms with E-state index in [0.717, 1.165) is 37.0 Å². The lowest BCUT2D eigenvalue weighted by molar-refractivity contribution is -0.121. The Morgan fingerprint density at radius 3 is 2.62 bits per heavy atom. The summed E-state index contributed by atoms with van der Waals surface area (Å²) < 4.78 is 39.5. The van der Waals surface area contributed by atoms with E-state index >= 15 is 0 Å². The predicted molar refractivity (Wildman–Crippen MR) is 96.5 cm³/mol. The van der Waals surface area contributed by atoms with E-state index in [4.69, 9.17) is 0 Å². The number of benzene rings is 2. The first kappa shape index (κ1) is 18.5. The van der Waals surface area contributed by atoms with E-state index in [1.807, 2.05) is 18.2 Å². The van der Waals surface area contributed by atoms with Gasteiger partial charge >= 0.3 is 0 Å². The zero-order chi connectivity index (χ0) is 18.6. The fourth-order valence-corrected chi connectivity index (χ4v) is 4.20. The Bertz CT molecular complexity index is 882. The number of fused-ring (bicyclic) bond motifs is 1. The van der Waals surface area contributed by atoms with Gasteiger partial charge in [-0.15, -0.1) is 0 Å². The number of sulfonamides is 1. The van der Waals surface area contributed by atoms with Crippen LogP contribution in [0.15, 0.2) is 53.4 Å². The Labute approximate surface area is 152 Å². The van der Waals surface area contributed by atoms with Crippen LogP contribution in [0.25, 0.3) is 0 Å². The van der Waals surface area contributed by atoms with Crippen LogP contribution in [0.4, 0.5) is 4.39 Å². The molecule has 26 heavy (non-hydrogen) atoms. The molecule has 1 aliphatic rings. The topological polar surface area (TPSA) is 75.3 Å². The van der Waals surface area contributed by atoms with Gasteiger partial charge in [-0.3, -0.25) is 4.79 Å². The highest BCUT2D eigenvalue weighted by molar-refractivity contribution is 7.89. The number of hydrogen-bond donors (Lipinski definition) is 2.